The standard InChI is InChI=1S/C22H23NO4/c1-2-3-4-5-14-26-19-12-10-17(11-13-19)21-23-20(15-27-21)16-6-8-18(9-7-16)22(24)25/h6-13,15H,2-5,14H2,1H3,(H,24,25). The van der Waals surface area contributed by atoms with Gasteiger partial charge in [-0.15, -0.1) is 0 Å². The highest BCUT2D eigenvalue weighted by atomic mass is 16.5. The minimum atomic E-state index is -0.949. The van der Waals surface area contributed by atoms with Crippen LogP contribution in [0.2, 0.25) is 0 Å². The third-order valence-corrected chi connectivity index (χ3v) is 4.30. The number of aromatic carboxylic acids is 1. The number of carboxylic acid groups (broad SMARTS) is 1. The summed E-state index contributed by atoms with van der Waals surface area (Å²) < 4.78 is 11.3. The lowest BCUT2D eigenvalue weighted by atomic mass is 10.1. The molecule has 1 aromatic heterocycles. The normalized spacial score (nSPS) is 10.7. The smallest absolute Gasteiger partial charge is 0.335 e. The first kappa shape index (κ1) is 18.7. The molecule has 0 saturated heterocycles. The third kappa shape index (κ3) is 4.97. The molecule has 0 fully saturated rings. The van der Waals surface area contributed by atoms with Crippen LogP contribution in [0.25, 0.3) is 22.7 Å². The van der Waals surface area contributed by atoms with Gasteiger partial charge in [-0.1, -0.05) is 38.3 Å². The molecule has 3 rings (SSSR count). The highest BCUT2D eigenvalue weighted by molar-refractivity contribution is 5.88. The predicted molar refractivity (Wildman–Crippen MR) is 104 cm³/mol. The van der Waals surface area contributed by atoms with E-state index in [0.717, 1.165) is 29.9 Å². The maximum absolute atomic E-state index is 10.9. The number of oxazole rings is 1. The number of carboxylic acids is 1. The second kappa shape index (κ2) is 9.03. The molecule has 3 aromatic rings. The van der Waals surface area contributed by atoms with E-state index in [1.807, 2.05) is 24.3 Å². The van der Waals surface area contributed by atoms with Crippen LogP contribution in [0.15, 0.2) is 59.2 Å². The van der Waals surface area contributed by atoms with Crippen LogP contribution in [-0.2, 0) is 0 Å². The molecule has 1 N–H and O–H groups in total. The maximum Gasteiger partial charge on any atom is 0.335 e. The largest absolute Gasteiger partial charge is 0.494 e. The van der Waals surface area contributed by atoms with Gasteiger partial charge in [0.1, 0.15) is 17.7 Å². The van der Waals surface area contributed by atoms with E-state index in [2.05, 4.69) is 11.9 Å². The van der Waals surface area contributed by atoms with Crippen LogP contribution in [0.1, 0.15) is 43.0 Å². The van der Waals surface area contributed by atoms with Gasteiger partial charge in [0.2, 0.25) is 5.89 Å². The van der Waals surface area contributed by atoms with Gasteiger partial charge < -0.3 is 14.3 Å². The van der Waals surface area contributed by atoms with Crippen LogP contribution >= 0.6 is 0 Å². The van der Waals surface area contributed by atoms with Crippen molar-refractivity contribution in [2.75, 3.05) is 6.61 Å². The second-order valence-corrected chi connectivity index (χ2v) is 6.35. The van der Waals surface area contributed by atoms with Gasteiger partial charge in [-0.3, -0.25) is 0 Å². The molecule has 5 nitrogen and oxygen atoms in total. The number of hydrogen-bond acceptors (Lipinski definition) is 4. The average molecular weight is 365 g/mol. The summed E-state index contributed by atoms with van der Waals surface area (Å²) in [6.45, 7) is 2.92. The average Bonchev–Trinajstić information content (AvgIpc) is 3.18. The van der Waals surface area contributed by atoms with Gasteiger partial charge in [-0.25, -0.2) is 9.78 Å². The van der Waals surface area contributed by atoms with Crippen molar-refractivity contribution < 1.29 is 19.1 Å². The van der Waals surface area contributed by atoms with Crippen LogP contribution < -0.4 is 4.74 Å². The van der Waals surface area contributed by atoms with E-state index in [9.17, 15) is 4.79 Å². The number of hydrogen-bond donors (Lipinski definition) is 1. The highest BCUT2D eigenvalue weighted by Crippen LogP contribution is 2.26. The van der Waals surface area contributed by atoms with Gasteiger partial charge in [0.25, 0.3) is 0 Å². The van der Waals surface area contributed by atoms with E-state index in [4.69, 9.17) is 14.3 Å². The summed E-state index contributed by atoms with van der Waals surface area (Å²) >= 11 is 0. The molecule has 2 aromatic carbocycles. The fourth-order valence-corrected chi connectivity index (χ4v) is 2.74. The highest BCUT2D eigenvalue weighted by Gasteiger charge is 2.10. The Morgan fingerprint density at radius 2 is 1.70 bits per heavy atom. The Bertz CT molecular complexity index is 866. The van der Waals surface area contributed by atoms with E-state index in [1.165, 1.54) is 19.3 Å². The summed E-state index contributed by atoms with van der Waals surface area (Å²) in [6.07, 6.45) is 6.30. The minimum Gasteiger partial charge on any atom is -0.494 e. The Labute approximate surface area is 158 Å². The summed E-state index contributed by atoms with van der Waals surface area (Å²) in [4.78, 5) is 15.4. The number of carbonyl (C=O) groups is 1. The zero-order valence-electron chi connectivity index (χ0n) is 15.4. The molecule has 0 radical (unpaired) electrons. The van der Waals surface area contributed by atoms with Crippen LogP contribution in [0.4, 0.5) is 0 Å². The van der Waals surface area contributed by atoms with Crippen molar-refractivity contribution in [1.29, 1.82) is 0 Å². The minimum absolute atomic E-state index is 0.243. The molecular weight excluding hydrogens is 342 g/mol. The van der Waals surface area contributed by atoms with Crippen molar-refractivity contribution in [1.82, 2.24) is 4.98 Å². The number of unbranched alkanes of at least 4 members (excludes halogenated alkanes) is 3. The summed E-state index contributed by atoms with van der Waals surface area (Å²) in [7, 11) is 0. The van der Waals surface area contributed by atoms with E-state index in [0.29, 0.717) is 11.6 Å². The zero-order chi connectivity index (χ0) is 19.1. The van der Waals surface area contributed by atoms with Crippen molar-refractivity contribution in [2.45, 2.75) is 32.6 Å². The van der Waals surface area contributed by atoms with E-state index in [-0.39, 0.29) is 5.56 Å². The molecule has 0 unspecified atom stereocenters. The maximum atomic E-state index is 10.9. The van der Waals surface area contributed by atoms with E-state index in [1.54, 1.807) is 30.5 Å². The van der Waals surface area contributed by atoms with Crippen molar-refractivity contribution >= 4 is 5.97 Å². The fraction of sp³-hybridized carbons (Fsp3) is 0.273. The number of rotatable bonds is 9. The van der Waals surface area contributed by atoms with Gasteiger partial charge in [0.05, 0.1) is 12.2 Å². The van der Waals surface area contributed by atoms with Crippen molar-refractivity contribution in [2.24, 2.45) is 0 Å². The molecule has 1 heterocycles. The van der Waals surface area contributed by atoms with Gasteiger partial charge in [0, 0.05) is 11.1 Å². The lowest BCUT2D eigenvalue weighted by Gasteiger charge is -2.06. The van der Waals surface area contributed by atoms with Gasteiger partial charge >= 0.3 is 5.97 Å². The SMILES string of the molecule is CCCCCCOc1ccc(-c2nc(-c3ccc(C(=O)O)cc3)co2)cc1. The summed E-state index contributed by atoms with van der Waals surface area (Å²) in [5.74, 6) is 0.406. The molecule has 0 atom stereocenters. The van der Waals surface area contributed by atoms with Crippen LogP contribution in [0, 0.1) is 0 Å². The monoisotopic (exact) mass is 365 g/mol. The van der Waals surface area contributed by atoms with E-state index < -0.39 is 5.97 Å². The van der Waals surface area contributed by atoms with Gasteiger partial charge in [0.15, 0.2) is 0 Å². The molecule has 27 heavy (non-hydrogen) atoms. The summed E-state index contributed by atoms with van der Waals surface area (Å²) in [5.41, 5.74) is 2.58. The molecular formula is C22H23NO4. The molecule has 0 bridgehead atoms. The van der Waals surface area contributed by atoms with Gasteiger partial charge in [-0.05, 0) is 42.8 Å². The Morgan fingerprint density at radius 1 is 1.00 bits per heavy atom. The first-order chi connectivity index (χ1) is 13.2. The van der Waals surface area contributed by atoms with Crippen LogP contribution in [-0.4, -0.2) is 22.7 Å². The molecule has 140 valence electrons. The Hall–Kier alpha value is -3.08. The number of ether oxygens (including phenoxy) is 1. The third-order valence-electron chi connectivity index (χ3n) is 4.30. The van der Waals surface area contributed by atoms with Crippen molar-refractivity contribution in [3.63, 3.8) is 0 Å². The predicted octanol–water partition coefficient (Wildman–Crippen LogP) is 5.67. The van der Waals surface area contributed by atoms with Crippen LogP contribution in [0.5, 0.6) is 5.75 Å². The Morgan fingerprint density at radius 3 is 2.37 bits per heavy atom. The summed E-state index contributed by atoms with van der Waals surface area (Å²) in [6, 6.07) is 14.2. The van der Waals surface area contributed by atoms with Crippen molar-refractivity contribution in [3.05, 3.63) is 60.4 Å². The number of nitrogens with zero attached hydrogens (tertiary/aromatic N) is 1. The second-order valence-electron chi connectivity index (χ2n) is 6.35. The lowest BCUT2D eigenvalue weighted by Crippen LogP contribution is -1.96. The first-order valence-corrected chi connectivity index (χ1v) is 9.20. The zero-order valence-corrected chi connectivity index (χ0v) is 15.4. The quantitative estimate of drug-likeness (QED) is 0.495. The molecule has 0 spiro atoms. The van der Waals surface area contributed by atoms with Crippen molar-refractivity contribution in [3.8, 4) is 28.5 Å². The molecule has 0 amide bonds. The Balaban J connectivity index is 1.63. The molecule has 0 saturated carbocycles. The molecule has 0 aliphatic heterocycles. The number of benzene rings is 2. The van der Waals surface area contributed by atoms with Crippen LogP contribution in [0.3, 0.4) is 0 Å². The molecule has 0 aliphatic rings. The fourth-order valence-electron chi connectivity index (χ4n) is 2.74. The first-order valence-electron chi connectivity index (χ1n) is 9.20. The van der Waals surface area contributed by atoms with Gasteiger partial charge in [-0.2, -0.15) is 0 Å². The topological polar surface area (TPSA) is 72.6 Å². The lowest BCUT2D eigenvalue weighted by molar-refractivity contribution is 0.0697. The number of aromatic nitrogens is 1. The molecule has 0 aliphatic carbocycles. The summed E-state index contributed by atoms with van der Waals surface area (Å²) in [5, 5.41) is 8.97. The molecule has 5 heteroatoms. The van der Waals surface area contributed by atoms with E-state index >= 15 is 0 Å². The Kier molecular flexibility index (Phi) is 6.26.